The van der Waals surface area contributed by atoms with Crippen molar-refractivity contribution in [3.63, 3.8) is 0 Å². The zero-order valence-corrected chi connectivity index (χ0v) is 21.9. The Morgan fingerprint density at radius 3 is 2.29 bits per heavy atom. The van der Waals surface area contributed by atoms with Crippen molar-refractivity contribution in [3.05, 3.63) is 94.8 Å². The van der Waals surface area contributed by atoms with E-state index in [0.717, 1.165) is 18.4 Å². The Hall–Kier alpha value is -3.42. The van der Waals surface area contributed by atoms with E-state index in [0.29, 0.717) is 23.6 Å². The summed E-state index contributed by atoms with van der Waals surface area (Å²) in [6, 6.07) is 19.4. The average molecular weight is 520 g/mol. The summed E-state index contributed by atoms with van der Waals surface area (Å²) >= 11 is 0. The average Bonchev–Trinajstić information content (AvgIpc) is 3.49. The molecule has 6 nitrogen and oxygen atoms in total. The summed E-state index contributed by atoms with van der Waals surface area (Å²) in [5.74, 6) is 0.143. The molecular weight excluding hydrogens is 485 g/mol. The van der Waals surface area contributed by atoms with Gasteiger partial charge in [-0.15, -0.1) is 0 Å². The first-order chi connectivity index (χ1) is 18.2. The molecule has 1 saturated heterocycles. The fourth-order valence-electron chi connectivity index (χ4n) is 5.84. The molecule has 1 heterocycles. The molecule has 5 rings (SSSR count). The number of carbonyl (C=O) groups excluding carboxylic acids is 1. The third-order valence-electron chi connectivity index (χ3n) is 8.31. The van der Waals surface area contributed by atoms with Gasteiger partial charge >= 0.3 is 0 Å². The minimum absolute atomic E-state index is 0.00721. The Morgan fingerprint density at radius 1 is 1.03 bits per heavy atom. The number of fused-ring (bicyclic) bond motifs is 1. The molecular formula is C31H34FNO5. The van der Waals surface area contributed by atoms with E-state index in [4.69, 9.17) is 9.47 Å². The number of methoxy groups -OCH3 is 1. The highest BCUT2D eigenvalue weighted by Gasteiger charge is 2.49. The number of hydrogen-bond acceptors (Lipinski definition) is 5. The molecule has 38 heavy (non-hydrogen) atoms. The highest BCUT2D eigenvalue weighted by Crippen LogP contribution is 2.47. The van der Waals surface area contributed by atoms with Crippen LogP contribution in [0, 0.1) is 11.2 Å². The molecule has 4 atom stereocenters. The van der Waals surface area contributed by atoms with Crippen LogP contribution in [0.15, 0.2) is 66.7 Å². The quantitative estimate of drug-likeness (QED) is 0.483. The van der Waals surface area contributed by atoms with E-state index in [1.54, 1.807) is 18.9 Å². The summed E-state index contributed by atoms with van der Waals surface area (Å²) in [5.41, 5.74) is 3.17. The number of nitrogens with zero attached hydrogens (tertiary/aromatic N) is 1. The van der Waals surface area contributed by atoms with Crippen LogP contribution in [0.5, 0.6) is 11.5 Å². The molecule has 4 unspecified atom stereocenters. The normalized spacial score (nSPS) is 22.7. The fraction of sp³-hybridized carbons (Fsp3) is 0.387. The lowest BCUT2D eigenvalue weighted by Gasteiger charge is -2.34. The molecule has 1 amide bonds. The predicted molar refractivity (Wildman–Crippen MR) is 142 cm³/mol. The van der Waals surface area contributed by atoms with E-state index in [2.05, 4.69) is 12.1 Å². The van der Waals surface area contributed by atoms with Crippen LogP contribution in [-0.2, 0) is 17.6 Å². The van der Waals surface area contributed by atoms with Crippen molar-refractivity contribution in [2.75, 3.05) is 20.2 Å². The van der Waals surface area contributed by atoms with Gasteiger partial charge in [-0.25, -0.2) is 4.39 Å². The molecule has 0 bridgehead atoms. The molecule has 3 aromatic rings. The van der Waals surface area contributed by atoms with Gasteiger partial charge in [0.05, 0.1) is 13.2 Å². The van der Waals surface area contributed by atoms with Gasteiger partial charge in [-0.05, 0) is 53.4 Å². The van der Waals surface area contributed by atoms with Gasteiger partial charge in [0.15, 0.2) is 17.6 Å². The third kappa shape index (κ3) is 4.88. The number of rotatable bonds is 7. The second kappa shape index (κ2) is 10.4. The van der Waals surface area contributed by atoms with Gasteiger partial charge in [0.1, 0.15) is 11.9 Å². The molecule has 1 fully saturated rings. The summed E-state index contributed by atoms with van der Waals surface area (Å²) < 4.78 is 25.4. The second-order valence-electron chi connectivity index (χ2n) is 10.7. The Balaban J connectivity index is 1.39. The number of aliphatic hydroxyl groups excluding tert-OH is 2. The van der Waals surface area contributed by atoms with Crippen molar-refractivity contribution in [2.24, 2.45) is 5.41 Å². The van der Waals surface area contributed by atoms with Gasteiger partial charge < -0.3 is 24.6 Å². The first-order valence-electron chi connectivity index (χ1n) is 13.0. The SMILES string of the molecule is COc1ccc(C2CN(C(=O)C(O)c3ccc(F)cc3)CC2(C)C(C)O)cc1OC1Cc2ccccc2C1. The van der Waals surface area contributed by atoms with Gasteiger partial charge in [-0.1, -0.05) is 49.4 Å². The van der Waals surface area contributed by atoms with Crippen molar-refractivity contribution < 1.29 is 28.9 Å². The fourth-order valence-corrected chi connectivity index (χ4v) is 5.84. The number of ether oxygens (including phenoxy) is 2. The van der Waals surface area contributed by atoms with Gasteiger partial charge in [-0.2, -0.15) is 0 Å². The van der Waals surface area contributed by atoms with Gasteiger partial charge in [0.25, 0.3) is 5.91 Å². The molecule has 1 aliphatic carbocycles. The molecule has 0 saturated carbocycles. The highest BCUT2D eigenvalue weighted by atomic mass is 19.1. The minimum atomic E-state index is -1.41. The molecule has 7 heteroatoms. The lowest BCUT2D eigenvalue weighted by Crippen LogP contribution is -2.39. The number of likely N-dealkylation sites (tertiary alicyclic amines) is 1. The van der Waals surface area contributed by atoms with Crippen LogP contribution >= 0.6 is 0 Å². The van der Waals surface area contributed by atoms with E-state index in [9.17, 15) is 19.4 Å². The van der Waals surface area contributed by atoms with Crippen molar-refractivity contribution in [3.8, 4) is 11.5 Å². The molecule has 2 N–H and O–H groups in total. The Labute approximate surface area is 222 Å². The summed E-state index contributed by atoms with van der Waals surface area (Å²) in [5, 5.41) is 21.6. The summed E-state index contributed by atoms with van der Waals surface area (Å²) in [6.07, 6.45) is -0.494. The van der Waals surface area contributed by atoms with E-state index in [1.165, 1.54) is 35.4 Å². The van der Waals surface area contributed by atoms with Crippen molar-refractivity contribution >= 4 is 5.91 Å². The maximum absolute atomic E-state index is 13.3. The number of amides is 1. The van der Waals surface area contributed by atoms with E-state index in [1.807, 2.05) is 37.3 Å². The molecule has 3 aromatic carbocycles. The largest absolute Gasteiger partial charge is 0.493 e. The Bertz CT molecular complexity index is 1280. The molecule has 1 aliphatic heterocycles. The zero-order valence-electron chi connectivity index (χ0n) is 21.9. The van der Waals surface area contributed by atoms with E-state index < -0.39 is 29.3 Å². The minimum Gasteiger partial charge on any atom is -0.493 e. The second-order valence-corrected chi connectivity index (χ2v) is 10.7. The summed E-state index contributed by atoms with van der Waals surface area (Å²) in [7, 11) is 1.61. The predicted octanol–water partition coefficient (Wildman–Crippen LogP) is 4.43. The van der Waals surface area contributed by atoms with Crippen molar-refractivity contribution in [2.45, 2.75) is 50.9 Å². The lowest BCUT2D eigenvalue weighted by atomic mass is 9.72. The highest BCUT2D eigenvalue weighted by molar-refractivity contribution is 5.82. The maximum atomic E-state index is 13.3. The van der Waals surface area contributed by atoms with Crippen LogP contribution in [0.2, 0.25) is 0 Å². The Kier molecular flexibility index (Phi) is 7.16. The monoisotopic (exact) mass is 519 g/mol. The van der Waals surface area contributed by atoms with Crippen LogP contribution in [0.4, 0.5) is 4.39 Å². The smallest absolute Gasteiger partial charge is 0.256 e. The third-order valence-corrected chi connectivity index (χ3v) is 8.31. The van der Waals surface area contributed by atoms with Gasteiger partial charge in [0.2, 0.25) is 0 Å². The van der Waals surface area contributed by atoms with Gasteiger partial charge in [-0.3, -0.25) is 4.79 Å². The molecule has 0 radical (unpaired) electrons. The van der Waals surface area contributed by atoms with Crippen LogP contribution in [0.25, 0.3) is 0 Å². The van der Waals surface area contributed by atoms with Crippen LogP contribution < -0.4 is 9.47 Å². The zero-order chi connectivity index (χ0) is 27.0. The van der Waals surface area contributed by atoms with Crippen LogP contribution in [0.1, 0.15) is 48.1 Å². The molecule has 0 spiro atoms. The topological polar surface area (TPSA) is 79.2 Å². The lowest BCUT2D eigenvalue weighted by molar-refractivity contribution is -0.140. The maximum Gasteiger partial charge on any atom is 0.256 e. The van der Waals surface area contributed by atoms with Crippen molar-refractivity contribution in [1.29, 1.82) is 0 Å². The van der Waals surface area contributed by atoms with E-state index in [-0.39, 0.29) is 18.6 Å². The number of halogens is 1. The number of aliphatic hydroxyl groups is 2. The van der Waals surface area contributed by atoms with Gasteiger partial charge in [0, 0.05) is 37.3 Å². The van der Waals surface area contributed by atoms with Crippen LogP contribution in [-0.4, -0.2) is 53.4 Å². The van der Waals surface area contributed by atoms with Crippen molar-refractivity contribution in [1.82, 2.24) is 4.90 Å². The summed E-state index contributed by atoms with van der Waals surface area (Å²) in [4.78, 5) is 14.9. The molecule has 0 aromatic heterocycles. The first kappa shape index (κ1) is 26.2. The number of benzene rings is 3. The molecule has 2 aliphatic rings. The number of carbonyl (C=O) groups is 1. The first-order valence-corrected chi connectivity index (χ1v) is 13.0. The molecule has 200 valence electrons. The summed E-state index contributed by atoms with van der Waals surface area (Å²) in [6.45, 7) is 4.28. The van der Waals surface area contributed by atoms with Crippen LogP contribution in [0.3, 0.4) is 0 Å². The van der Waals surface area contributed by atoms with E-state index >= 15 is 0 Å². The standard InChI is InChI=1S/C31H34FNO5/c1-19(34)31(2)18-33(30(36)29(35)20-8-11-24(32)12-9-20)17-26(31)23-10-13-27(37-3)28(16-23)38-25-14-21-6-4-5-7-22(21)15-25/h4-13,16,19,25-26,29,34-35H,14-15,17-18H2,1-3H3. The number of hydrogen-bond donors (Lipinski definition) is 2. The Morgan fingerprint density at radius 2 is 1.68 bits per heavy atom.